The lowest BCUT2D eigenvalue weighted by molar-refractivity contribution is 0.888. The van der Waals surface area contributed by atoms with Gasteiger partial charge in [0.25, 0.3) is 0 Å². The fraction of sp³-hybridized carbons (Fsp3) is 0.0556. The van der Waals surface area contributed by atoms with Gasteiger partial charge in [0.05, 0.1) is 16.6 Å². The third-order valence-corrected chi connectivity index (χ3v) is 15.4. The molecule has 0 bridgehead atoms. The Balaban J connectivity index is 0.853. The Labute approximate surface area is 444 Å². The fourth-order valence-electron chi connectivity index (χ4n) is 11.8. The van der Waals surface area contributed by atoms with Crippen molar-refractivity contribution in [1.29, 1.82) is 0 Å². The van der Waals surface area contributed by atoms with Crippen LogP contribution in [0.3, 0.4) is 0 Å². The molecule has 0 aliphatic heterocycles. The minimum Gasteiger partial charge on any atom is -0.313 e. The van der Waals surface area contributed by atoms with Crippen LogP contribution in [-0.4, -0.2) is 9.13 Å². The lowest BCUT2D eigenvalue weighted by Crippen LogP contribution is -2.10. The molecule has 2 aliphatic carbocycles. The summed E-state index contributed by atoms with van der Waals surface area (Å²) in [6.45, 7) is 0. The van der Waals surface area contributed by atoms with Gasteiger partial charge in [-0.1, -0.05) is 164 Å². The lowest BCUT2D eigenvalue weighted by Gasteiger charge is -2.27. The van der Waals surface area contributed by atoms with Crippen molar-refractivity contribution in [1.82, 2.24) is 9.13 Å². The van der Waals surface area contributed by atoms with Crippen molar-refractivity contribution in [2.75, 3.05) is 9.80 Å². The summed E-state index contributed by atoms with van der Waals surface area (Å²) >= 11 is 0. The number of nitrogens with zero attached hydrogens (tertiary/aromatic N) is 4. The molecular formula is C72H54N4. The van der Waals surface area contributed by atoms with Crippen LogP contribution in [0, 0.1) is 0 Å². The second-order valence-corrected chi connectivity index (χ2v) is 19.9. The first kappa shape index (κ1) is 45.0. The van der Waals surface area contributed by atoms with E-state index in [2.05, 4.69) is 298 Å². The molecule has 4 nitrogen and oxygen atoms in total. The van der Waals surface area contributed by atoms with E-state index in [0.717, 1.165) is 76.6 Å². The molecule has 2 heterocycles. The number of benzene rings is 10. The first-order valence-corrected chi connectivity index (χ1v) is 26.6. The van der Waals surface area contributed by atoms with Gasteiger partial charge in [0, 0.05) is 72.9 Å². The Hall–Kier alpha value is -9.64. The van der Waals surface area contributed by atoms with Gasteiger partial charge >= 0.3 is 0 Å². The average Bonchev–Trinajstić information content (AvgIpc) is 4.02. The minimum atomic E-state index is 1.01. The van der Waals surface area contributed by atoms with Crippen molar-refractivity contribution in [3.05, 3.63) is 290 Å². The Kier molecular flexibility index (Phi) is 11.4. The first-order chi connectivity index (χ1) is 37.7. The first-order valence-electron chi connectivity index (χ1n) is 26.6. The lowest BCUT2D eigenvalue weighted by atomic mass is 9.98. The van der Waals surface area contributed by atoms with E-state index in [1.54, 1.807) is 0 Å². The number of fused-ring (bicyclic) bond motifs is 6. The second-order valence-electron chi connectivity index (χ2n) is 19.9. The molecule has 362 valence electrons. The summed E-state index contributed by atoms with van der Waals surface area (Å²) in [6.07, 6.45) is 15.8. The molecule has 76 heavy (non-hydrogen) atoms. The summed E-state index contributed by atoms with van der Waals surface area (Å²) in [7, 11) is 0. The van der Waals surface area contributed by atoms with Crippen molar-refractivity contribution < 1.29 is 0 Å². The Morgan fingerprint density at radius 1 is 0.303 bits per heavy atom. The van der Waals surface area contributed by atoms with Crippen LogP contribution in [0.15, 0.2) is 273 Å². The summed E-state index contributed by atoms with van der Waals surface area (Å²) in [5.74, 6) is 0. The van der Waals surface area contributed by atoms with E-state index in [1.165, 1.54) is 71.9 Å². The second kappa shape index (κ2) is 19.3. The van der Waals surface area contributed by atoms with Gasteiger partial charge in [0.15, 0.2) is 0 Å². The van der Waals surface area contributed by atoms with Crippen LogP contribution < -0.4 is 9.80 Å². The van der Waals surface area contributed by atoms with Gasteiger partial charge in [0.2, 0.25) is 0 Å². The largest absolute Gasteiger partial charge is 0.313 e. The number of hydrogen-bond acceptors (Lipinski definition) is 2. The Morgan fingerprint density at radius 2 is 0.789 bits per heavy atom. The molecule has 0 atom stereocenters. The summed E-state index contributed by atoms with van der Waals surface area (Å²) in [6, 6.07) is 91.0. The van der Waals surface area contributed by atoms with Crippen LogP contribution >= 0.6 is 0 Å². The van der Waals surface area contributed by atoms with E-state index in [4.69, 9.17) is 0 Å². The third-order valence-electron chi connectivity index (χ3n) is 15.4. The molecule has 0 saturated heterocycles. The quantitative estimate of drug-likeness (QED) is 0.128. The van der Waals surface area contributed by atoms with Gasteiger partial charge < -0.3 is 18.9 Å². The highest BCUT2D eigenvalue weighted by atomic mass is 15.1. The van der Waals surface area contributed by atoms with Crippen molar-refractivity contribution in [3.63, 3.8) is 0 Å². The minimum absolute atomic E-state index is 1.01. The highest BCUT2D eigenvalue weighted by Gasteiger charge is 2.23. The zero-order valence-corrected chi connectivity index (χ0v) is 42.2. The maximum absolute atomic E-state index is 2.47. The molecule has 2 aromatic heterocycles. The van der Waals surface area contributed by atoms with Crippen LogP contribution in [0.25, 0.3) is 78.0 Å². The van der Waals surface area contributed by atoms with Crippen LogP contribution in [-0.2, 0) is 6.42 Å². The smallest absolute Gasteiger partial charge is 0.0542 e. The molecule has 2 aliphatic rings. The van der Waals surface area contributed by atoms with Gasteiger partial charge in [-0.25, -0.2) is 0 Å². The molecule has 4 heteroatoms. The number of para-hydroxylation sites is 3. The monoisotopic (exact) mass is 974 g/mol. The van der Waals surface area contributed by atoms with Gasteiger partial charge in [-0.15, -0.1) is 0 Å². The predicted molar refractivity (Wildman–Crippen MR) is 322 cm³/mol. The van der Waals surface area contributed by atoms with Crippen LogP contribution in [0.4, 0.5) is 34.1 Å². The molecule has 10 aromatic carbocycles. The summed E-state index contributed by atoms with van der Waals surface area (Å²) in [5, 5.41) is 3.70. The van der Waals surface area contributed by atoms with E-state index < -0.39 is 0 Å². The van der Waals surface area contributed by atoms with Crippen LogP contribution in [0.1, 0.15) is 36.1 Å². The molecule has 14 rings (SSSR count). The third kappa shape index (κ3) is 8.12. The number of rotatable bonds is 11. The summed E-state index contributed by atoms with van der Waals surface area (Å²) in [4.78, 5) is 4.83. The van der Waals surface area contributed by atoms with E-state index in [-0.39, 0.29) is 0 Å². The van der Waals surface area contributed by atoms with E-state index >= 15 is 0 Å². The van der Waals surface area contributed by atoms with E-state index in [9.17, 15) is 0 Å². The van der Waals surface area contributed by atoms with Gasteiger partial charge in [-0.05, 0) is 174 Å². The van der Waals surface area contributed by atoms with Crippen molar-refractivity contribution in [2.45, 2.75) is 25.7 Å². The molecule has 0 spiro atoms. The number of aromatic nitrogens is 2. The zero-order chi connectivity index (χ0) is 50.4. The molecule has 0 amide bonds. The highest BCUT2D eigenvalue weighted by Crippen LogP contribution is 2.44. The molecule has 0 fully saturated rings. The SMILES string of the molecule is C1=CC(c2cccc(N(c3ccc(-c4ccc(N(c5cccc(-c6ccccc6)c5)c5ccc6c(c5)c5ccccc5n6-c5ccccc5)cc4)cc3)c3ccc4c(c3)c3c(n4-c4ccccc4)CCC=C3)c2)=CCC1. The van der Waals surface area contributed by atoms with E-state index in [0.29, 0.717) is 0 Å². The summed E-state index contributed by atoms with van der Waals surface area (Å²) < 4.78 is 4.85. The normalized spacial score (nSPS) is 13.0. The standard InChI is InChI=1S/C72H54N4/c1-5-19-51(20-6-1)55-23-17-29-61(47-55)73(63-43-45-71-67(49-63)65-31-13-15-33-69(65)75(71)57-25-9-3-10-26-57)59-39-35-53(36-40-59)54-37-41-60(42-38-54)74(62-30-18-24-56(48-62)52-21-7-2-8-22-52)64-44-46-72-68(50-64)66-32-14-16-34-70(66)76(72)58-27-11-4-12-28-58/h1,3-7,9-15,17-33,35-50H,2,8,16,34H2. The van der Waals surface area contributed by atoms with E-state index in [1.807, 2.05) is 0 Å². The summed E-state index contributed by atoms with van der Waals surface area (Å²) in [5.41, 5.74) is 22.4. The molecule has 12 aromatic rings. The molecular weight excluding hydrogens is 921 g/mol. The Morgan fingerprint density at radius 3 is 1.43 bits per heavy atom. The fourth-order valence-corrected chi connectivity index (χ4v) is 11.8. The van der Waals surface area contributed by atoms with Crippen molar-refractivity contribution in [2.24, 2.45) is 0 Å². The topological polar surface area (TPSA) is 16.3 Å². The van der Waals surface area contributed by atoms with Crippen LogP contribution in [0.5, 0.6) is 0 Å². The van der Waals surface area contributed by atoms with Gasteiger partial charge in [0.1, 0.15) is 0 Å². The maximum Gasteiger partial charge on any atom is 0.0542 e. The van der Waals surface area contributed by atoms with Gasteiger partial charge in [-0.2, -0.15) is 0 Å². The Bertz CT molecular complexity index is 4200. The van der Waals surface area contributed by atoms with Crippen molar-refractivity contribution >= 4 is 78.5 Å². The number of anilines is 6. The number of hydrogen-bond donors (Lipinski definition) is 0. The van der Waals surface area contributed by atoms with Crippen LogP contribution in [0.2, 0.25) is 0 Å². The average molecular weight is 975 g/mol. The highest BCUT2D eigenvalue weighted by molar-refractivity contribution is 6.11. The number of allylic oxidation sites excluding steroid dienone is 5. The zero-order valence-electron chi connectivity index (χ0n) is 42.2. The van der Waals surface area contributed by atoms with Crippen molar-refractivity contribution in [3.8, 4) is 33.6 Å². The maximum atomic E-state index is 2.47. The predicted octanol–water partition coefficient (Wildman–Crippen LogP) is 19.7. The van der Waals surface area contributed by atoms with Gasteiger partial charge in [-0.3, -0.25) is 0 Å². The molecule has 0 radical (unpaired) electrons. The molecule has 0 saturated carbocycles. The molecule has 0 N–H and O–H groups in total. The molecule has 0 unspecified atom stereocenters.